The van der Waals surface area contributed by atoms with Gasteiger partial charge < -0.3 is 5.73 Å². The molecule has 15 heavy (non-hydrogen) atoms. The second-order valence-corrected chi connectivity index (χ2v) is 3.85. The Morgan fingerprint density at radius 1 is 1.33 bits per heavy atom. The maximum absolute atomic E-state index is 11.5. The molecule has 0 saturated heterocycles. The highest BCUT2D eigenvalue weighted by molar-refractivity contribution is 7.80. The molecule has 0 aliphatic heterocycles. The number of halogens is 2. The number of carbonyl (C=O) groups excluding carboxylic acids is 1. The van der Waals surface area contributed by atoms with Gasteiger partial charge in [0.15, 0.2) is 5.11 Å². The van der Waals surface area contributed by atoms with Gasteiger partial charge >= 0.3 is 0 Å². The Morgan fingerprint density at radius 2 is 2.00 bits per heavy atom. The molecule has 1 aromatic rings. The van der Waals surface area contributed by atoms with Crippen molar-refractivity contribution in [1.29, 1.82) is 0 Å². The first kappa shape index (κ1) is 12.0. The van der Waals surface area contributed by atoms with E-state index >= 15 is 0 Å². The minimum atomic E-state index is -0.440. The van der Waals surface area contributed by atoms with Crippen LogP contribution in [0.2, 0.25) is 10.0 Å². The molecule has 0 spiro atoms. The summed E-state index contributed by atoms with van der Waals surface area (Å²) in [6.07, 6.45) is 0. The fourth-order valence-electron chi connectivity index (χ4n) is 0.859. The summed E-state index contributed by atoms with van der Waals surface area (Å²) in [4.78, 5) is 11.5. The molecule has 0 aliphatic rings. The zero-order chi connectivity index (χ0) is 11.4. The Morgan fingerprint density at radius 3 is 2.53 bits per heavy atom. The lowest BCUT2D eigenvalue weighted by Gasteiger charge is -2.07. The molecule has 0 heterocycles. The minimum absolute atomic E-state index is 0.0339. The molecule has 0 atom stereocenters. The number of rotatable bonds is 1. The standard InChI is InChI=1S/C8H7Cl2N3OS/c9-4-1-2-5(6(10)3-4)7(14)12-13-8(11)15/h1-3H,(H,12,14)(H3,11,13,15). The van der Waals surface area contributed by atoms with E-state index in [2.05, 4.69) is 23.1 Å². The lowest BCUT2D eigenvalue weighted by molar-refractivity contribution is 0.0944. The third kappa shape index (κ3) is 3.54. The summed E-state index contributed by atoms with van der Waals surface area (Å²) in [7, 11) is 0. The smallest absolute Gasteiger partial charge is 0.271 e. The van der Waals surface area contributed by atoms with Crippen molar-refractivity contribution in [2.45, 2.75) is 0 Å². The van der Waals surface area contributed by atoms with Gasteiger partial charge in [0.25, 0.3) is 5.91 Å². The molecule has 0 fully saturated rings. The predicted octanol–water partition coefficient (Wildman–Crippen LogP) is 1.47. The molecule has 7 heteroatoms. The second kappa shape index (κ2) is 5.16. The van der Waals surface area contributed by atoms with Gasteiger partial charge in [0.2, 0.25) is 0 Å². The molecule has 0 radical (unpaired) electrons. The van der Waals surface area contributed by atoms with Crippen LogP contribution in [0.4, 0.5) is 0 Å². The number of benzene rings is 1. The van der Waals surface area contributed by atoms with Crippen LogP contribution in [0.1, 0.15) is 10.4 Å². The van der Waals surface area contributed by atoms with E-state index in [1.165, 1.54) is 12.1 Å². The molecule has 0 aliphatic carbocycles. The number of hydrogen-bond acceptors (Lipinski definition) is 2. The van der Waals surface area contributed by atoms with Crippen LogP contribution in [0.3, 0.4) is 0 Å². The zero-order valence-electron chi connectivity index (χ0n) is 7.38. The maximum Gasteiger partial charge on any atom is 0.271 e. The van der Waals surface area contributed by atoms with Crippen molar-refractivity contribution in [3.8, 4) is 0 Å². The summed E-state index contributed by atoms with van der Waals surface area (Å²) in [6.45, 7) is 0. The minimum Gasteiger partial charge on any atom is -0.375 e. The van der Waals surface area contributed by atoms with Gasteiger partial charge in [-0.05, 0) is 30.4 Å². The SMILES string of the molecule is NC(=S)NNC(=O)c1ccc(Cl)cc1Cl. The second-order valence-electron chi connectivity index (χ2n) is 2.57. The van der Waals surface area contributed by atoms with Crippen LogP contribution in [0.15, 0.2) is 18.2 Å². The van der Waals surface area contributed by atoms with Crippen molar-refractivity contribution in [1.82, 2.24) is 10.9 Å². The van der Waals surface area contributed by atoms with E-state index in [-0.39, 0.29) is 15.7 Å². The van der Waals surface area contributed by atoms with E-state index in [1.54, 1.807) is 6.07 Å². The van der Waals surface area contributed by atoms with Crippen molar-refractivity contribution >= 4 is 46.4 Å². The van der Waals surface area contributed by atoms with Gasteiger partial charge in [-0.3, -0.25) is 15.6 Å². The van der Waals surface area contributed by atoms with Crippen molar-refractivity contribution in [3.63, 3.8) is 0 Å². The summed E-state index contributed by atoms with van der Waals surface area (Å²) < 4.78 is 0. The number of nitrogens with two attached hydrogens (primary N) is 1. The van der Waals surface area contributed by atoms with Gasteiger partial charge in [-0.2, -0.15) is 0 Å². The highest BCUT2D eigenvalue weighted by Gasteiger charge is 2.09. The molecule has 80 valence electrons. The third-order valence-corrected chi connectivity index (χ3v) is 2.12. The van der Waals surface area contributed by atoms with E-state index in [9.17, 15) is 4.79 Å². The first-order chi connectivity index (χ1) is 7.00. The van der Waals surface area contributed by atoms with Crippen LogP contribution < -0.4 is 16.6 Å². The van der Waals surface area contributed by atoms with Crippen LogP contribution in [0.25, 0.3) is 0 Å². The summed E-state index contributed by atoms with van der Waals surface area (Å²) in [6, 6.07) is 4.53. The molecule has 4 nitrogen and oxygen atoms in total. The van der Waals surface area contributed by atoms with Crippen LogP contribution in [-0.4, -0.2) is 11.0 Å². The lowest BCUT2D eigenvalue weighted by Crippen LogP contribution is -2.44. The van der Waals surface area contributed by atoms with Gasteiger partial charge in [-0.25, -0.2) is 0 Å². The molecule has 1 rings (SSSR count). The lowest BCUT2D eigenvalue weighted by atomic mass is 10.2. The molecule has 0 aromatic heterocycles. The van der Waals surface area contributed by atoms with Gasteiger partial charge in [0.1, 0.15) is 0 Å². The van der Waals surface area contributed by atoms with Gasteiger partial charge in [-0.1, -0.05) is 23.2 Å². The van der Waals surface area contributed by atoms with Crippen LogP contribution in [-0.2, 0) is 0 Å². The van der Waals surface area contributed by atoms with E-state index in [1.807, 2.05) is 0 Å². The van der Waals surface area contributed by atoms with Gasteiger partial charge in [0.05, 0.1) is 10.6 Å². The highest BCUT2D eigenvalue weighted by atomic mass is 35.5. The van der Waals surface area contributed by atoms with E-state index in [0.29, 0.717) is 5.02 Å². The molecule has 0 bridgehead atoms. The number of hydrogen-bond donors (Lipinski definition) is 3. The van der Waals surface area contributed by atoms with Gasteiger partial charge in [0, 0.05) is 5.02 Å². The van der Waals surface area contributed by atoms with Crippen LogP contribution >= 0.6 is 35.4 Å². The Bertz CT molecular complexity index is 411. The predicted molar refractivity (Wildman–Crippen MR) is 63.8 cm³/mol. The fraction of sp³-hybridized carbons (Fsp3) is 0. The fourth-order valence-corrected chi connectivity index (χ4v) is 1.40. The maximum atomic E-state index is 11.5. The van der Waals surface area contributed by atoms with Crippen molar-refractivity contribution in [2.24, 2.45) is 5.73 Å². The van der Waals surface area contributed by atoms with E-state index in [4.69, 9.17) is 28.9 Å². The summed E-state index contributed by atoms with van der Waals surface area (Å²) in [5.41, 5.74) is 9.99. The number of thiocarbonyl (C=S) groups is 1. The third-order valence-electron chi connectivity index (χ3n) is 1.47. The van der Waals surface area contributed by atoms with Crippen molar-refractivity contribution < 1.29 is 4.79 Å². The summed E-state index contributed by atoms with van der Waals surface area (Å²) in [5, 5.41) is 0.678. The van der Waals surface area contributed by atoms with Crippen molar-refractivity contribution in [3.05, 3.63) is 33.8 Å². The summed E-state index contributed by atoms with van der Waals surface area (Å²) in [5.74, 6) is -0.440. The molecule has 1 aromatic carbocycles. The summed E-state index contributed by atoms with van der Waals surface area (Å²) >= 11 is 16.0. The number of nitrogens with one attached hydrogen (secondary N) is 2. The Labute approximate surface area is 102 Å². The topological polar surface area (TPSA) is 67.2 Å². The largest absolute Gasteiger partial charge is 0.375 e. The molecule has 0 unspecified atom stereocenters. The van der Waals surface area contributed by atoms with Crippen LogP contribution in [0, 0.1) is 0 Å². The zero-order valence-corrected chi connectivity index (χ0v) is 9.71. The first-order valence-electron chi connectivity index (χ1n) is 3.81. The Kier molecular flexibility index (Phi) is 4.14. The number of hydrazine groups is 1. The average molecular weight is 264 g/mol. The van der Waals surface area contributed by atoms with E-state index < -0.39 is 5.91 Å². The van der Waals surface area contributed by atoms with Crippen LogP contribution in [0.5, 0.6) is 0 Å². The highest BCUT2D eigenvalue weighted by Crippen LogP contribution is 2.20. The van der Waals surface area contributed by atoms with Gasteiger partial charge in [-0.15, -0.1) is 0 Å². The normalized spacial score (nSPS) is 9.47. The first-order valence-corrected chi connectivity index (χ1v) is 4.98. The van der Waals surface area contributed by atoms with E-state index in [0.717, 1.165) is 0 Å². The Balaban J connectivity index is 2.78. The molecule has 0 saturated carbocycles. The van der Waals surface area contributed by atoms with Crippen molar-refractivity contribution in [2.75, 3.05) is 0 Å². The molecule has 1 amide bonds. The quantitative estimate of drug-likeness (QED) is 0.531. The molecule has 4 N–H and O–H groups in total. The Hall–Kier alpha value is -1.04. The molecular formula is C8H7Cl2N3OS. The number of amides is 1. The average Bonchev–Trinajstić information content (AvgIpc) is 2.14. The number of carbonyl (C=O) groups is 1. The molecular weight excluding hydrogens is 257 g/mol. The monoisotopic (exact) mass is 263 g/mol.